The highest BCUT2D eigenvalue weighted by molar-refractivity contribution is 5.47. The molecular formula is C19H32N2. The summed E-state index contributed by atoms with van der Waals surface area (Å²) in [4.78, 5) is 2.45. The fourth-order valence-electron chi connectivity index (χ4n) is 3.51. The van der Waals surface area contributed by atoms with Gasteiger partial charge in [-0.3, -0.25) is 0 Å². The third-order valence-electron chi connectivity index (χ3n) is 4.85. The zero-order valence-corrected chi connectivity index (χ0v) is 14.3. The molecule has 0 bridgehead atoms. The van der Waals surface area contributed by atoms with Crippen molar-refractivity contribution in [2.24, 2.45) is 5.41 Å². The average molecular weight is 288 g/mol. The Morgan fingerprint density at radius 2 is 1.71 bits per heavy atom. The summed E-state index contributed by atoms with van der Waals surface area (Å²) < 4.78 is 0. The minimum absolute atomic E-state index is 0.447. The summed E-state index contributed by atoms with van der Waals surface area (Å²) in [6, 6.07) is 9.51. The summed E-state index contributed by atoms with van der Waals surface area (Å²) in [6.45, 7) is 8.97. The number of hydrogen-bond acceptors (Lipinski definition) is 2. The minimum atomic E-state index is 0.447. The second kappa shape index (κ2) is 7.31. The van der Waals surface area contributed by atoms with Crippen molar-refractivity contribution < 1.29 is 0 Å². The van der Waals surface area contributed by atoms with Gasteiger partial charge in [0.1, 0.15) is 0 Å². The van der Waals surface area contributed by atoms with E-state index in [4.69, 9.17) is 0 Å². The van der Waals surface area contributed by atoms with Gasteiger partial charge in [-0.2, -0.15) is 0 Å². The third kappa shape index (κ3) is 4.74. The van der Waals surface area contributed by atoms with E-state index in [-0.39, 0.29) is 0 Å². The summed E-state index contributed by atoms with van der Waals surface area (Å²) in [7, 11) is 2.25. The number of anilines is 1. The summed E-state index contributed by atoms with van der Waals surface area (Å²) in [5.41, 5.74) is 3.12. The van der Waals surface area contributed by atoms with E-state index in [2.05, 4.69) is 62.3 Å². The molecular weight excluding hydrogens is 256 g/mol. The molecule has 21 heavy (non-hydrogen) atoms. The van der Waals surface area contributed by atoms with Crippen LogP contribution in [0.1, 0.15) is 51.5 Å². The molecule has 1 aromatic rings. The van der Waals surface area contributed by atoms with Crippen molar-refractivity contribution in [2.45, 2.75) is 58.9 Å². The topological polar surface area (TPSA) is 15.3 Å². The zero-order valence-electron chi connectivity index (χ0n) is 14.3. The molecule has 118 valence electrons. The first kappa shape index (κ1) is 16.4. The highest BCUT2D eigenvalue weighted by atomic mass is 15.1. The van der Waals surface area contributed by atoms with Gasteiger partial charge in [-0.1, -0.05) is 50.8 Å². The Balaban J connectivity index is 2.04. The molecule has 2 heteroatoms. The molecule has 1 saturated carbocycles. The van der Waals surface area contributed by atoms with Crippen molar-refractivity contribution in [1.29, 1.82) is 0 Å². The standard InChI is InChI=1S/C19H32N2/c1-16(2)20-14-19(12-6-5-7-13-19)15-21(4)18-10-8-17(3)9-11-18/h8-11,16,20H,5-7,12-15H2,1-4H3. The van der Waals surface area contributed by atoms with Gasteiger partial charge in [0, 0.05) is 37.3 Å². The summed E-state index contributed by atoms with van der Waals surface area (Å²) in [5.74, 6) is 0. The van der Waals surface area contributed by atoms with Crippen LogP contribution in [0.2, 0.25) is 0 Å². The average Bonchev–Trinajstić information content (AvgIpc) is 2.47. The molecule has 2 nitrogen and oxygen atoms in total. The molecule has 0 unspecified atom stereocenters. The molecule has 0 heterocycles. The second-order valence-electron chi connectivity index (χ2n) is 7.29. The lowest BCUT2D eigenvalue weighted by Crippen LogP contribution is -2.46. The van der Waals surface area contributed by atoms with E-state index < -0.39 is 0 Å². The predicted octanol–water partition coefficient (Wildman–Crippen LogP) is 4.38. The number of benzene rings is 1. The lowest BCUT2D eigenvalue weighted by atomic mass is 9.73. The fraction of sp³-hybridized carbons (Fsp3) is 0.684. The van der Waals surface area contributed by atoms with Crippen LogP contribution in [0.5, 0.6) is 0 Å². The molecule has 0 radical (unpaired) electrons. The summed E-state index contributed by atoms with van der Waals surface area (Å²) in [6.07, 6.45) is 6.92. The normalized spacial score (nSPS) is 18.0. The van der Waals surface area contributed by atoms with Gasteiger partial charge in [-0.15, -0.1) is 0 Å². The molecule has 0 atom stereocenters. The van der Waals surface area contributed by atoms with Gasteiger partial charge in [-0.25, -0.2) is 0 Å². The van der Waals surface area contributed by atoms with Gasteiger partial charge in [0.15, 0.2) is 0 Å². The van der Waals surface area contributed by atoms with E-state index in [1.54, 1.807) is 0 Å². The lowest BCUT2D eigenvalue weighted by molar-refractivity contribution is 0.185. The summed E-state index contributed by atoms with van der Waals surface area (Å²) >= 11 is 0. The van der Waals surface area contributed by atoms with Crippen LogP contribution in [0.3, 0.4) is 0 Å². The van der Waals surface area contributed by atoms with Crippen LogP contribution in [0.25, 0.3) is 0 Å². The molecule has 0 saturated heterocycles. The first-order valence-corrected chi connectivity index (χ1v) is 8.52. The second-order valence-corrected chi connectivity index (χ2v) is 7.29. The maximum Gasteiger partial charge on any atom is 0.0363 e. The van der Waals surface area contributed by atoms with Crippen LogP contribution < -0.4 is 10.2 Å². The van der Waals surface area contributed by atoms with Crippen LogP contribution in [0.4, 0.5) is 5.69 Å². The van der Waals surface area contributed by atoms with Gasteiger partial charge >= 0.3 is 0 Å². The largest absolute Gasteiger partial charge is 0.374 e. The van der Waals surface area contributed by atoms with Crippen molar-refractivity contribution in [2.75, 3.05) is 25.0 Å². The van der Waals surface area contributed by atoms with Gasteiger partial charge < -0.3 is 10.2 Å². The van der Waals surface area contributed by atoms with Gasteiger partial charge in [0.05, 0.1) is 0 Å². The first-order chi connectivity index (χ1) is 10.0. The molecule has 1 aliphatic carbocycles. The lowest BCUT2D eigenvalue weighted by Gasteiger charge is -2.41. The Morgan fingerprint density at radius 3 is 2.29 bits per heavy atom. The van der Waals surface area contributed by atoms with Gasteiger partial charge in [0.25, 0.3) is 0 Å². The van der Waals surface area contributed by atoms with E-state index in [9.17, 15) is 0 Å². The number of nitrogens with zero attached hydrogens (tertiary/aromatic N) is 1. The first-order valence-electron chi connectivity index (χ1n) is 8.52. The number of rotatable bonds is 6. The maximum absolute atomic E-state index is 3.70. The Bertz CT molecular complexity index is 416. The van der Waals surface area contributed by atoms with Crippen molar-refractivity contribution in [1.82, 2.24) is 5.32 Å². The SMILES string of the molecule is Cc1ccc(N(C)CC2(CNC(C)C)CCCCC2)cc1. The van der Waals surface area contributed by atoms with E-state index >= 15 is 0 Å². The number of aryl methyl sites for hydroxylation is 1. The van der Waals surface area contributed by atoms with Gasteiger partial charge in [-0.05, 0) is 31.9 Å². The molecule has 1 fully saturated rings. The van der Waals surface area contributed by atoms with E-state index in [0.717, 1.165) is 13.1 Å². The molecule has 1 aliphatic rings. The van der Waals surface area contributed by atoms with Crippen LogP contribution in [-0.4, -0.2) is 26.2 Å². The quantitative estimate of drug-likeness (QED) is 0.835. The van der Waals surface area contributed by atoms with Crippen molar-refractivity contribution in [3.8, 4) is 0 Å². The van der Waals surface area contributed by atoms with Crippen LogP contribution in [-0.2, 0) is 0 Å². The van der Waals surface area contributed by atoms with Crippen LogP contribution >= 0.6 is 0 Å². The molecule has 0 aliphatic heterocycles. The number of nitrogens with one attached hydrogen (secondary N) is 1. The monoisotopic (exact) mass is 288 g/mol. The molecule has 0 amide bonds. The fourth-order valence-corrected chi connectivity index (χ4v) is 3.51. The minimum Gasteiger partial charge on any atom is -0.374 e. The van der Waals surface area contributed by atoms with E-state index in [0.29, 0.717) is 11.5 Å². The molecule has 1 aromatic carbocycles. The smallest absolute Gasteiger partial charge is 0.0363 e. The zero-order chi connectivity index (χ0) is 15.3. The van der Waals surface area contributed by atoms with Crippen molar-refractivity contribution in [3.63, 3.8) is 0 Å². The van der Waals surface area contributed by atoms with Crippen LogP contribution in [0, 0.1) is 12.3 Å². The third-order valence-corrected chi connectivity index (χ3v) is 4.85. The Morgan fingerprint density at radius 1 is 1.10 bits per heavy atom. The van der Waals surface area contributed by atoms with Crippen molar-refractivity contribution >= 4 is 5.69 Å². The highest BCUT2D eigenvalue weighted by Crippen LogP contribution is 2.37. The van der Waals surface area contributed by atoms with Crippen molar-refractivity contribution in [3.05, 3.63) is 29.8 Å². The Labute approximate surface area is 130 Å². The molecule has 2 rings (SSSR count). The highest BCUT2D eigenvalue weighted by Gasteiger charge is 2.33. The summed E-state index contributed by atoms with van der Waals surface area (Å²) in [5, 5.41) is 3.70. The van der Waals surface area contributed by atoms with E-state index in [1.807, 2.05) is 0 Å². The molecule has 0 spiro atoms. The number of hydrogen-bond donors (Lipinski definition) is 1. The molecule has 0 aromatic heterocycles. The van der Waals surface area contributed by atoms with Crippen LogP contribution in [0.15, 0.2) is 24.3 Å². The molecule has 1 N–H and O–H groups in total. The Hall–Kier alpha value is -1.02. The predicted molar refractivity (Wildman–Crippen MR) is 93.1 cm³/mol. The Kier molecular flexibility index (Phi) is 5.69. The van der Waals surface area contributed by atoms with E-state index in [1.165, 1.54) is 43.4 Å². The maximum atomic E-state index is 3.70. The van der Waals surface area contributed by atoms with Gasteiger partial charge in [0.2, 0.25) is 0 Å².